The van der Waals surface area contributed by atoms with Crippen LogP contribution in [-0.2, 0) is 6.42 Å². The van der Waals surface area contributed by atoms with Gasteiger partial charge in [0.25, 0.3) is 0 Å². The summed E-state index contributed by atoms with van der Waals surface area (Å²) in [6.07, 6.45) is 1.12. The summed E-state index contributed by atoms with van der Waals surface area (Å²) in [4.78, 5) is 2.87. The molecule has 2 heteroatoms. The van der Waals surface area contributed by atoms with Crippen LogP contribution in [0.5, 0.6) is 0 Å². The molecule has 1 atom stereocenters. The van der Waals surface area contributed by atoms with Crippen molar-refractivity contribution in [2.45, 2.75) is 47.1 Å². The highest BCUT2D eigenvalue weighted by molar-refractivity contribution is 7.12. The molecule has 0 amide bonds. The number of thiophene rings is 1. The molecule has 0 saturated carbocycles. The molecule has 1 N–H and O–H groups in total. The molecule has 0 radical (unpaired) electrons. The second kappa shape index (κ2) is 5.79. The van der Waals surface area contributed by atoms with Gasteiger partial charge in [0, 0.05) is 15.4 Å². The van der Waals surface area contributed by atoms with Gasteiger partial charge < -0.3 is 5.32 Å². The third-order valence-corrected chi connectivity index (χ3v) is 4.91. The van der Waals surface area contributed by atoms with Crippen molar-refractivity contribution in [3.05, 3.63) is 50.7 Å². The first kappa shape index (κ1) is 14.1. The third kappa shape index (κ3) is 3.19. The molecule has 1 heterocycles. The molecule has 0 saturated heterocycles. The Kier molecular flexibility index (Phi) is 4.31. The molecule has 19 heavy (non-hydrogen) atoms. The minimum Gasteiger partial charge on any atom is -0.377 e. The topological polar surface area (TPSA) is 12.0 Å². The molecule has 0 fully saturated rings. The van der Waals surface area contributed by atoms with E-state index in [1.54, 1.807) is 0 Å². The fourth-order valence-electron chi connectivity index (χ4n) is 2.51. The number of hydrogen-bond donors (Lipinski definition) is 1. The van der Waals surface area contributed by atoms with Crippen LogP contribution in [0.4, 0.5) is 5.69 Å². The van der Waals surface area contributed by atoms with Crippen molar-refractivity contribution in [1.82, 2.24) is 0 Å². The molecule has 0 aliphatic rings. The number of nitrogens with one attached hydrogen (secondary N) is 1. The average Bonchev–Trinajstić information content (AvgIpc) is 2.82. The Labute approximate surface area is 120 Å². The van der Waals surface area contributed by atoms with Crippen LogP contribution in [0.15, 0.2) is 24.3 Å². The van der Waals surface area contributed by atoms with Gasteiger partial charge in [-0.15, -0.1) is 11.3 Å². The molecule has 0 aliphatic carbocycles. The molecule has 2 aromatic rings. The van der Waals surface area contributed by atoms with Gasteiger partial charge >= 0.3 is 0 Å². The van der Waals surface area contributed by atoms with E-state index >= 15 is 0 Å². The Morgan fingerprint density at radius 3 is 2.26 bits per heavy atom. The van der Waals surface area contributed by atoms with Crippen molar-refractivity contribution < 1.29 is 0 Å². The van der Waals surface area contributed by atoms with Crippen LogP contribution in [0.1, 0.15) is 46.3 Å². The van der Waals surface area contributed by atoms with E-state index in [2.05, 4.69) is 64.2 Å². The van der Waals surface area contributed by atoms with Crippen LogP contribution in [-0.4, -0.2) is 0 Å². The second-order valence-corrected chi connectivity index (χ2v) is 6.50. The first-order valence-electron chi connectivity index (χ1n) is 6.94. The maximum atomic E-state index is 3.67. The van der Waals surface area contributed by atoms with E-state index < -0.39 is 0 Å². The largest absolute Gasteiger partial charge is 0.377 e. The van der Waals surface area contributed by atoms with Gasteiger partial charge in [-0.3, -0.25) is 0 Å². The molecular weight excluding hydrogens is 250 g/mol. The van der Waals surface area contributed by atoms with Gasteiger partial charge in [0.15, 0.2) is 0 Å². The molecule has 1 aromatic heterocycles. The zero-order valence-electron chi connectivity index (χ0n) is 12.5. The van der Waals surface area contributed by atoms with Crippen molar-refractivity contribution in [1.29, 1.82) is 0 Å². The zero-order chi connectivity index (χ0) is 14.0. The smallest absolute Gasteiger partial charge is 0.0578 e. The summed E-state index contributed by atoms with van der Waals surface area (Å²) in [5, 5.41) is 3.67. The fourth-order valence-corrected chi connectivity index (χ4v) is 3.47. The van der Waals surface area contributed by atoms with Crippen LogP contribution < -0.4 is 5.32 Å². The predicted octanol–water partition coefficient (Wildman–Crippen LogP) is 5.41. The lowest BCUT2D eigenvalue weighted by Crippen LogP contribution is -2.07. The maximum absolute atomic E-state index is 3.67. The average molecular weight is 273 g/mol. The molecule has 0 spiro atoms. The summed E-state index contributed by atoms with van der Waals surface area (Å²) < 4.78 is 0. The Balaban J connectivity index is 2.21. The van der Waals surface area contributed by atoms with Gasteiger partial charge in [0.05, 0.1) is 6.04 Å². The zero-order valence-corrected chi connectivity index (χ0v) is 13.3. The molecule has 1 aromatic carbocycles. The fraction of sp³-hybridized carbons (Fsp3) is 0.412. The van der Waals surface area contributed by atoms with Crippen molar-refractivity contribution in [3.63, 3.8) is 0 Å². The molecule has 1 nitrogen and oxygen atoms in total. The Morgan fingerprint density at radius 1 is 1.11 bits per heavy atom. The number of benzene rings is 1. The first-order valence-corrected chi connectivity index (χ1v) is 7.76. The molecule has 2 rings (SSSR count). The van der Waals surface area contributed by atoms with Crippen LogP contribution in [0, 0.1) is 20.8 Å². The lowest BCUT2D eigenvalue weighted by molar-refractivity contribution is 0.902. The summed E-state index contributed by atoms with van der Waals surface area (Å²) in [7, 11) is 0. The predicted molar refractivity (Wildman–Crippen MR) is 86.4 cm³/mol. The number of rotatable bonds is 4. The number of anilines is 1. The quantitative estimate of drug-likeness (QED) is 0.785. The minimum atomic E-state index is 0.366. The van der Waals surface area contributed by atoms with E-state index in [0.29, 0.717) is 6.04 Å². The Morgan fingerprint density at radius 2 is 1.74 bits per heavy atom. The van der Waals surface area contributed by atoms with Gasteiger partial charge in [-0.1, -0.05) is 24.6 Å². The van der Waals surface area contributed by atoms with E-state index in [0.717, 1.165) is 6.42 Å². The SMILES string of the molecule is CCc1ccc(C(C)Nc2c(C)cc(C)cc2C)s1. The highest BCUT2D eigenvalue weighted by Crippen LogP contribution is 2.30. The van der Waals surface area contributed by atoms with E-state index in [-0.39, 0.29) is 0 Å². The monoisotopic (exact) mass is 273 g/mol. The van der Waals surface area contributed by atoms with Gasteiger partial charge in [0.1, 0.15) is 0 Å². The standard InChI is InChI=1S/C17H23NS/c1-6-15-7-8-16(19-15)14(5)18-17-12(3)9-11(2)10-13(17)4/h7-10,14,18H,6H2,1-5H3. The van der Waals surface area contributed by atoms with Crippen LogP contribution in [0.25, 0.3) is 0 Å². The van der Waals surface area contributed by atoms with Gasteiger partial charge in [-0.05, 0) is 57.4 Å². The lowest BCUT2D eigenvalue weighted by Gasteiger charge is -2.18. The first-order chi connectivity index (χ1) is 9.01. The summed E-state index contributed by atoms with van der Waals surface area (Å²) in [6, 6.07) is 9.35. The van der Waals surface area contributed by atoms with Gasteiger partial charge in [-0.2, -0.15) is 0 Å². The van der Waals surface area contributed by atoms with E-state index in [4.69, 9.17) is 0 Å². The van der Waals surface area contributed by atoms with Gasteiger partial charge in [-0.25, -0.2) is 0 Å². The molecule has 0 aliphatic heterocycles. The van der Waals surface area contributed by atoms with Crippen LogP contribution in [0.2, 0.25) is 0 Å². The molecule has 102 valence electrons. The highest BCUT2D eigenvalue weighted by atomic mass is 32.1. The summed E-state index contributed by atoms with van der Waals surface area (Å²) in [5.41, 5.74) is 5.27. The summed E-state index contributed by atoms with van der Waals surface area (Å²) in [5.74, 6) is 0. The van der Waals surface area contributed by atoms with E-state index in [1.165, 1.54) is 32.1 Å². The summed E-state index contributed by atoms with van der Waals surface area (Å²) in [6.45, 7) is 11.0. The Hall–Kier alpha value is -1.28. The van der Waals surface area contributed by atoms with Crippen molar-refractivity contribution in [3.8, 4) is 0 Å². The molecule has 1 unspecified atom stereocenters. The number of aryl methyl sites for hydroxylation is 4. The Bertz CT molecular complexity index is 545. The highest BCUT2D eigenvalue weighted by Gasteiger charge is 2.11. The van der Waals surface area contributed by atoms with E-state index in [1.807, 2.05) is 11.3 Å². The molecule has 0 bridgehead atoms. The molecular formula is C17H23NS. The van der Waals surface area contributed by atoms with E-state index in [9.17, 15) is 0 Å². The van der Waals surface area contributed by atoms with Crippen molar-refractivity contribution >= 4 is 17.0 Å². The minimum absolute atomic E-state index is 0.366. The summed E-state index contributed by atoms with van der Waals surface area (Å²) >= 11 is 1.91. The van der Waals surface area contributed by atoms with Crippen LogP contribution >= 0.6 is 11.3 Å². The van der Waals surface area contributed by atoms with Gasteiger partial charge in [0.2, 0.25) is 0 Å². The van der Waals surface area contributed by atoms with Crippen LogP contribution in [0.3, 0.4) is 0 Å². The van der Waals surface area contributed by atoms with Crippen molar-refractivity contribution in [2.75, 3.05) is 5.32 Å². The normalized spacial score (nSPS) is 12.5. The maximum Gasteiger partial charge on any atom is 0.0578 e. The second-order valence-electron chi connectivity index (χ2n) is 5.30. The number of hydrogen-bond acceptors (Lipinski definition) is 2. The van der Waals surface area contributed by atoms with Crippen molar-refractivity contribution in [2.24, 2.45) is 0 Å². The lowest BCUT2D eigenvalue weighted by atomic mass is 10.0. The third-order valence-electron chi connectivity index (χ3n) is 3.50.